The Kier molecular flexibility index (Phi) is 7.11. The Balaban J connectivity index is 1.90. The van der Waals surface area contributed by atoms with Gasteiger partial charge >= 0.3 is 0 Å². The first-order valence-electron chi connectivity index (χ1n) is 9.82. The first kappa shape index (κ1) is 24.9. The summed E-state index contributed by atoms with van der Waals surface area (Å²) in [6, 6.07) is 6.42. The van der Waals surface area contributed by atoms with Crippen LogP contribution in [0, 0.1) is 27.7 Å². The van der Waals surface area contributed by atoms with Gasteiger partial charge in [0, 0.05) is 34.6 Å². The minimum absolute atomic E-state index is 0.0958. The number of hydrogen-bond acceptors (Lipinski definition) is 4. The molecule has 6 nitrogen and oxygen atoms in total. The third kappa shape index (κ3) is 4.65. The first-order valence-corrected chi connectivity index (χ1v) is 14.3. The quantitative estimate of drug-likeness (QED) is 0.522. The molecule has 0 aliphatic carbocycles. The highest BCUT2D eigenvalue weighted by atomic mass is 79.9. The average molecular weight is 594 g/mol. The Bertz CT molecular complexity index is 1240. The lowest BCUT2D eigenvalue weighted by Crippen LogP contribution is -2.55. The molecule has 1 saturated heterocycles. The van der Waals surface area contributed by atoms with E-state index in [0.29, 0.717) is 11.1 Å². The molecule has 2 aromatic carbocycles. The third-order valence-electron chi connectivity index (χ3n) is 5.65. The molecule has 1 heterocycles. The summed E-state index contributed by atoms with van der Waals surface area (Å²) in [5.41, 5.74) is 3.26. The summed E-state index contributed by atoms with van der Waals surface area (Å²) in [6.07, 6.45) is 0. The molecule has 0 N–H and O–H groups in total. The van der Waals surface area contributed by atoms with Crippen molar-refractivity contribution in [3.8, 4) is 0 Å². The molecule has 170 valence electrons. The van der Waals surface area contributed by atoms with Crippen LogP contribution in [-0.4, -0.2) is 51.1 Å². The summed E-state index contributed by atoms with van der Waals surface area (Å²) in [4.78, 5) is 0.484. The van der Waals surface area contributed by atoms with Gasteiger partial charge in [0.1, 0.15) is 0 Å². The summed E-state index contributed by atoms with van der Waals surface area (Å²) in [5, 5.41) is 0. The Morgan fingerprint density at radius 1 is 0.742 bits per heavy atom. The Hall–Kier alpha value is -0.780. The summed E-state index contributed by atoms with van der Waals surface area (Å²) in [7, 11) is -7.51. The van der Waals surface area contributed by atoms with E-state index >= 15 is 0 Å². The van der Waals surface area contributed by atoms with E-state index in [1.807, 2.05) is 26.0 Å². The third-order valence-corrected chi connectivity index (χ3v) is 11.5. The molecule has 0 radical (unpaired) electrons. The molecule has 31 heavy (non-hydrogen) atoms. The summed E-state index contributed by atoms with van der Waals surface area (Å²) >= 11 is 6.83. The first-order chi connectivity index (χ1) is 14.3. The van der Waals surface area contributed by atoms with Crippen LogP contribution in [0.5, 0.6) is 0 Å². The molecule has 0 unspecified atom stereocenters. The van der Waals surface area contributed by atoms with Crippen LogP contribution in [0.15, 0.2) is 43.0 Å². The Morgan fingerprint density at radius 3 is 1.65 bits per heavy atom. The summed E-state index contributed by atoms with van der Waals surface area (Å²) in [6.45, 7) is 9.40. The maximum Gasteiger partial charge on any atom is 0.243 e. The fourth-order valence-corrected chi connectivity index (χ4v) is 8.50. The second-order valence-corrected chi connectivity index (χ2v) is 13.5. The van der Waals surface area contributed by atoms with Gasteiger partial charge in [-0.15, -0.1) is 0 Å². The van der Waals surface area contributed by atoms with Crippen LogP contribution in [0.3, 0.4) is 0 Å². The van der Waals surface area contributed by atoms with Gasteiger partial charge in [-0.3, -0.25) is 0 Å². The monoisotopic (exact) mass is 592 g/mol. The molecule has 3 rings (SSSR count). The van der Waals surface area contributed by atoms with E-state index in [4.69, 9.17) is 0 Å². The van der Waals surface area contributed by atoms with Gasteiger partial charge in [-0.05, 0) is 69.0 Å². The maximum atomic E-state index is 13.4. The van der Waals surface area contributed by atoms with Crippen LogP contribution >= 0.6 is 31.9 Å². The lowest BCUT2D eigenvalue weighted by molar-refractivity contribution is 0.212. The van der Waals surface area contributed by atoms with Crippen LogP contribution in [0.25, 0.3) is 0 Å². The second kappa shape index (κ2) is 8.87. The molecule has 0 saturated carbocycles. The predicted molar refractivity (Wildman–Crippen MR) is 129 cm³/mol. The van der Waals surface area contributed by atoms with Crippen molar-refractivity contribution < 1.29 is 16.8 Å². The predicted octanol–water partition coefficient (Wildman–Crippen LogP) is 4.53. The van der Waals surface area contributed by atoms with Gasteiger partial charge in [-0.1, -0.05) is 44.0 Å². The van der Waals surface area contributed by atoms with Crippen molar-refractivity contribution >= 4 is 51.9 Å². The fraction of sp³-hybridized carbons (Fsp3) is 0.429. The van der Waals surface area contributed by atoms with Crippen molar-refractivity contribution in [1.29, 1.82) is 0 Å². The molecule has 0 aromatic heterocycles. The highest BCUT2D eigenvalue weighted by Gasteiger charge is 2.39. The molecular weight excluding hydrogens is 568 g/mol. The minimum atomic E-state index is -3.76. The average Bonchev–Trinajstić information content (AvgIpc) is 2.66. The molecule has 0 amide bonds. The second-order valence-electron chi connectivity index (χ2n) is 8.06. The largest absolute Gasteiger partial charge is 0.243 e. The molecular formula is C21H26Br2N2O4S2. The van der Waals surface area contributed by atoms with Crippen molar-refractivity contribution in [3.63, 3.8) is 0 Å². The zero-order valence-corrected chi connectivity index (χ0v) is 22.9. The van der Waals surface area contributed by atoms with E-state index in [-0.39, 0.29) is 29.4 Å². The van der Waals surface area contributed by atoms with Crippen LogP contribution in [0.2, 0.25) is 0 Å². The van der Waals surface area contributed by atoms with Crippen LogP contribution in [-0.2, 0) is 20.0 Å². The highest BCUT2D eigenvalue weighted by molar-refractivity contribution is 9.10. The van der Waals surface area contributed by atoms with E-state index in [1.54, 1.807) is 32.9 Å². The number of sulfonamides is 2. The van der Waals surface area contributed by atoms with Crippen LogP contribution in [0.1, 0.15) is 29.2 Å². The molecule has 0 spiro atoms. The SMILES string of the molecule is Cc1cc(C)c(S(=O)(=O)N2CCN(S(=O)(=O)c3cc(Br)c(C)cc3C)[C@H](C)C2)cc1Br. The molecule has 1 aliphatic heterocycles. The molecule has 1 fully saturated rings. The van der Waals surface area contributed by atoms with Crippen LogP contribution < -0.4 is 0 Å². The zero-order valence-electron chi connectivity index (χ0n) is 18.1. The Labute approximate surface area is 202 Å². The van der Waals surface area contributed by atoms with Crippen LogP contribution in [0.4, 0.5) is 0 Å². The van der Waals surface area contributed by atoms with Gasteiger partial charge < -0.3 is 0 Å². The maximum absolute atomic E-state index is 13.4. The standard InChI is InChI=1S/C21H26Br2N2O4S2/c1-13-8-15(3)20(10-18(13)22)30(26,27)24-6-7-25(17(5)12-24)31(28,29)21-11-19(23)14(2)9-16(21)4/h8-11,17H,6-7,12H2,1-5H3/t17-/m1/s1. The summed E-state index contributed by atoms with van der Waals surface area (Å²) in [5.74, 6) is 0. The van der Waals surface area contributed by atoms with E-state index in [2.05, 4.69) is 31.9 Å². The van der Waals surface area contributed by atoms with Crippen molar-refractivity contribution in [1.82, 2.24) is 8.61 Å². The summed E-state index contributed by atoms with van der Waals surface area (Å²) < 4.78 is 57.6. The number of halogens is 2. The molecule has 10 heteroatoms. The van der Waals surface area contributed by atoms with Crippen molar-refractivity contribution in [2.24, 2.45) is 0 Å². The van der Waals surface area contributed by atoms with Gasteiger partial charge in [-0.2, -0.15) is 8.61 Å². The lowest BCUT2D eigenvalue weighted by Gasteiger charge is -2.38. The molecule has 1 atom stereocenters. The van der Waals surface area contributed by atoms with E-state index in [9.17, 15) is 16.8 Å². The van der Waals surface area contributed by atoms with Gasteiger partial charge in [-0.25, -0.2) is 16.8 Å². The molecule has 2 aromatic rings. The van der Waals surface area contributed by atoms with Crippen molar-refractivity contribution in [2.45, 2.75) is 50.5 Å². The number of hydrogen-bond donors (Lipinski definition) is 0. The molecule has 1 aliphatic rings. The Morgan fingerprint density at radius 2 is 1.19 bits per heavy atom. The van der Waals surface area contributed by atoms with E-state index in [0.717, 1.165) is 20.1 Å². The zero-order chi connectivity index (χ0) is 23.3. The number of piperazine rings is 1. The number of rotatable bonds is 4. The van der Waals surface area contributed by atoms with Crippen molar-refractivity contribution in [3.05, 3.63) is 55.5 Å². The number of nitrogens with zero attached hydrogens (tertiary/aromatic N) is 2. The van der Waals surface area contributed by atoms with Gasteiger partial charge in [0.15, 0.2) is 0 Å². The fourth-order valence-electron chi connectivity index (χ4n) is 3.92. The van der Waals surface area contributed by atoms with Crippen molar-refractivity contribution in [2.75, 3.05) is 19.6 Å². The normalized spacial score (nSPS) is 19.0. The van der Waals surface area contributed by atoms with Gasteiger partial charge in [0.25, 0.3) is 0 Å². The molecule has 0 bridgehead atoms. The highest BCUT2D eigenvalue weighted by Crippen LogP contribution is 2.31. The lowest BCUT2D eigenvalue weighted by atomic mass is 10.2. The van der Waals surface area contributed by atoms with Gasteiger partial charge in [0.05, 0.1) is 9.79 Å². The van der Waals surface area contributed by atoms with E-state index < -0.39 is 26.1 Å². The minimum Gasteiger partial charge on any atom is -0.207 e. The van der Waals surface area contributed by atoms with E-state index in [1.165, 1.54) is 8.61 Å². The topological polar surface area (TPSA) is 74.8 Å². The smallest absolute Gasteiger partial charge is 0.207 e. The number of benzene rings is 2. The number of aryl methyl sites for hydroxylation is 4. The van der Waals surface area contributed by atoms with Gasteiger partial charge in [0.2, 0.25) is 20.0 Å².